The molecular formula is C54H84N2O13. The van der Waals surface area contributed by atoms with Crippen molar-refractivity contribution in [3.63, 3.8) is 0 Å². The third kappa shape index (κ3) is 15.6. The maximum atomic E-state index is 14.5. The van der Waals surface area contributed by atoms with E-state index in [1.807, 2.05) is 58.1 Å². The molecular weight excluding hydrogens is 885 g/mol. The number of aliphatic hydroxyl groups excluding tert-OH is 1. The quantitative estimate of drug-likeness (QED) is 0.137. The van der Waals surface area contributed by atoms with Crippen molar-refractivity contribution in [2.75, 3.05) is 34.4 Å². The van der Waals surface area contributed by atoms with Crippen LogP contribution < -0.4 is 5.73 Å². The van der Waals surface area contributed by atoms with Crippen molar-refractivity contribution in [2.45, 2.75) is 180 Å². The van der Waals surface area contributed by atoms with Gasteiger partial charge in [-0.05, 0) is 132 Å². The molecule has 15 nitrogen and oxygen atoms in total. The Bertz CT molecular complexity index is 1890. The van der Waals surface area contributed by atoms with Crippen molar-refractivity contribution in [1.29, 1.82) is 0 Å². The van der Waals surface area contributed by atoms with Crippen molar-refractivity contribution in [3.8, 4) is 0 Å². The molecule has 69 heavy (non-hydrogen) atoms. The molecule has 1 saturated heterocycles. The fraction of sp³-hybridized carbons (Fsp3) is 0.741. The molecule has 1 amide bonds. The number of carbonyl (C=O) groups is 6. The van der Waals surface area contributed by atoms with Crippen LogP contribution >= 0.6 is 0 Å². The van der Waals surface area contributed by atoms with Crippen LogP contribution in [-0.2, 0) is 52.5 Å². The minimum Gasteiger partial charge on any atom is -0.460 e. The van der Waals surface area contributed by atoms with Crippen LogP contribution in [0.3, 0.4) is 0 Å². The molecule has 15 heteroatoms. The Hall–Kier alpha value is -3.86. The van der Waals surface area contributed by atoms with Crippen LogP contribution in [-0.4, -0.2) is 133 Å². The van der Waals surface area contributed by atoms with Crippen molar-refractivity contribution in [2.24, 2.45) is 47.2 Å². The third-order valence-corrected chi connectivity index (χ3v) is 15.5. The van der Waals surface area contributed by atoms with E-state index in [-0.39, 0.29) is 79.8 Å². The number of methoxy groups -OCH3 is 3. The Balaban J connectivity index is 1.70. The van der Waals surface area contributed by atoms with Gasteiger partial charge in [0.05, 0.1) is 18.8 Å². The summed E-state index contributed by atoms with van der Waals surface area (Å²) >= 11 is 0. The standard InChI is InChI=1S/C54H84N2O13/c1-32-16-12-11-13-17-33(2)44(65-8)28-40-20-19-38(7)54(64,30-40)51(61)52(62)56-23-15-14-18-41(56)53(63)69-45(35(4)26-39-21-22-43(46(27-39)66-9)68-47(58)31-55)29-42(57)34(3)25-37(6)49(60)50(67-10)48(59)36(5)24-32/h11-13,16-17,25,32,34-36,38-41,43-46,49-50,60,64H,14-15,18-24,26-31,55H2,1-10H3/b13-11+,16-12+,33-17+,37-25+/t32-,34-,35-,36-,38-,39?,40+,41+,43-,44+,45+,46-,49-,50+,54+/m1/s1. The Morgan fingerprint density at radius 2 is 1.61 bits per heavy atom. The lowest BCUT2D eigenvalue weighted by Crippen LogP contribution is -2.59. The van der Waals surface area contributed by atoms with Crippen LogP contribution in [0.1, 0.15) is 132 Å². The van der Waals surface area contributed by atoms with E-state index >= 15 is 0 Å². The fourth-order valence-corrected chi connectivity index (χ4v) is 11.0. The highest BCUT2D eigenvalue weighted by Gasteiger charge is 2.51. The zero-order chi connectivity index (χ0) is 51.2. The van der Waals surface area contributed by atoms with Crippen LogP contribution in [0.4, 0.5) is 0 Å². The number of esters is 2. The number of fused-ring (bicyclic) bond motifs is 3. The first kappa shape index (κ1) is 57.7. The molecule has 3 fully saturated rings. The van der Waals surface area contributed by atoms with Gasteiger partial charge in [0, 0.05) is 46.1 Å². The van der Waals surface area contributed by atoms with Gasteiger partial charge in [-0.15, -0.1) is 0 Å². The molecule has 2 aliphatic carbocycles. The van der Waals surface area contributed by atoms with Crippen molar-refractivity contribution in [1.82, 2.24) is 4.90 Å². The molecule has 0 radical (unpaired) electrons. The lowest BCUT2D eigenvalue weighted by Gasteiger charge is -2.43. The zero-order valence-corrected chi connectivity index (χ0v) is 43.1. The SMILES string of the molecule is CO[C@H]1C[C@@H]2CC[C@@H](C)[C@@](O)(C2)C(=O)C(=O)N2CCCC[C@H]2C(=O)O[C@H]([C@H](C)CC2CC[C@@H](OC(=O)CN)[C@H](OC)C2)CC(=O)[C@H](C)/C=C(\C)[C@@H](O)[C@@H](OC)C(=O)[C@H](C)C[C@H](C)/C=C/C=C/C=C/1C. The van der Waals surface area contributed by atoms with Gasteiger partial charge in [0.15, 0.2) is 5.78 Å². The molecule has 1 unspecified atom stereocenters. The van der Waals surface area contributed by atoms with Crippen LogP contribution in [0.2, 0.25) is 0 Å². The second-order valence-electron chi connectivity index (χ2n) is 20.8. The van der Waals surface area contributed by atoms with E-state index in [4.69, 9.17) is 29.4 Å². The normalized spacial score (nSPS) is 38.7. The number of hydrogen-bond donors (Lipinski definition) is 3. The summed E-state index contributed by atoms with van der Waals surface area (Å²) in [6, 6.07) is -1.11. The zero-order valence-electron chi connectivity index (χ0n) is 43.1. The molecule has 0 spiro atoms. The Morgan fingerprint density at radius 3 is 2.28 bits per heavy atom. The average Bonchev–Trinajstić information content (AvgIpc) is 3.33. The minimum atomic E-state index is -1.95. The second kappa shape index (κ2) is 27.1. The molecule has 4 aliphatic rings. The monoisotopic (exact) mass is 969 g/mol. The highest BCUT2D eigenvalue weighted by molar-refractivity contribution is 6.39. The van der Waals surface area contributed by atoms with E-state index in [1.165, 1.54) is 12.0 Å². The number of Topliss-reactive ketones (excluding diaryl/α,β-unsaturated/α-hetero) is 3. The van der Waals surface area contributed by atoms with Crippen LogP contribution in [0.15, 0.2) is 47.6 Å². The Morgan fingerprint density at radius 1 is 0.884 bits per heavy atom. The lowest BCUT2D eigenvalue weighted by atomic mass is 9.67. The van der Waals surface area contributed by atoms with Crippen LogP contribution in [0, 0.1) is 41.4 Å². The first-order valence-electron chi connectivity index (χ1n) is 25.4. The van der Waals surface area contributed by atoms with Gasteiger partial charge in [-0.25, -0.2) is 4.79 Å². The highest BCUT2D eigenvalue weighted by Crippen LogP contribution is 2.41. The van der Waals surface area contributed by atoms with Gasteiger partial charge in [0.25, 0.3) is 11.7 Å². The molecule has 0 aromatic rings. The summed E-state index contributed by atoms with van der Waals surface area (Å²) in [6.45, 7) is 12.7. The predicted octanol–water partition coefficient (Wildman–Crippen LogP) is 6.35. The van der Waals surface area contributed by atoms with Gasteiger partial charge in [-0.1, -0.05) is 71.1 Å². The number of amides is 1. The van der Waals surface area contributed by atoms with E-state index in [2.05, 4.69) is 0 Å². The lowest BCUT2D eigenvalue weighted by molar-refractivity contribution is -0.171. The summed E-state index contributed by atoms with van der Waals surface area (Å²) in [5.74, 6) is -5.75. The molecule has 4 rings (SSSR count). The minimum absolute atomic E-state index is 0.0232. The van der Waals surface area contributed by atoms with E-state index in [0.29, 0.717) is 63.4 Å². The molecule has 0 aromatic carbocycles. The molecule has 2 aliphatic heterocycles. The molecule has 2 heterocycles. The van der Waals surface area contributed by atoms with E-state index in [1.54, 1.807) is 41.1 Å². The molecule has 0 aromatic heterocycles. The van der Waals surface area contributed by atoms with Gasteiger partial charge in [-0.2, -0.15) is 0 Å². The molecule has 2 saturated carbocycles. The van der Waals surface area contributed by atoms with Crippen molar-refractivity contribution in [3.05, 3.63) is 47.6 Å². The Kier molecular flexibility index (Phi) is 22.7. The average molecular weight is 969 g/mol. The number of allylic oxidation sites excluding steroid dienone is 6. The van der Waals surface area contributed by atoms with E-state index in [0.717, 1.165) is 12.0 Å². The first-order valence-corrected chi connectivity index (χ1v) is 25.4. The van der Waals surface area contributed by atoms with Gasteiger partial charge in [-0.3, -0.25) is 24.0 Å². The van der Waals surface area contributed by atoms with Crippen LogP contribution in [0.5, 0.6) is 0 Å². The van der Waals surface area contributed by atoms with Gasteiger partial charge >= 0.3 is 11.9 Å². The Labute approximate surface area is 411 Å². The van der Waals surface area contributed by atoms with Crippen molar-refractivity contribution >= 4 is 35.2 Å². The smallest absolute Gasteiger partial charge is 0.329 e. The maximum Gasteiger partial charge on any atom is 0.329 e. The summed E-state index contributed by atoms with van der Waals surface area (Å²) in [5, 5.41) is 23.7. The number of piperidine rings is 1. The summed E-state index contributed by atoms with van der Waals surface area (Å²) in [4.78, 5) is 84.5. The summed E-state index contributed by atoms with van der Waals surface area (Å²) in [6.07, 6.45) is 12.6. The molecule has 388 valence electrons. The number of hydrogen-bond acceptors (Lipinski definition) is 14. The second-order valence-corrected chi connectivity index (χ2v) is 20.8. The number of cyclic esters (lactones) is 1. The number of carbonyl (C=O) groups excluding carboxylic acids is 6. The van der Waals surface area contributed by atoms with Gasteiger partial charge in [0.2, 0.25) is 0 Å². The summed E-state index contributed by atoms with van der Waals surface area (Å²) in [5.41, 5.74) is 4.89. The summed E-state index contributed by atoms with van der Waals surface area (Å²) in [7, 11) is 4.56. The van der Waals surface area contributed by atoms with E-state index < -0.39 is 77.4 Å². The molecule has 2 bridgehead atoms. The third-order valence-electron chi connectivity index (χ3n) is 15.5. The predicted molar refractivity (Wildman–Crippen MR) is 261 cm³/mol. The van der Waals surface area contributed by atoms with Crippen molar-refractivity contribution < 1.29 is 62.7 Å². The first-order chi connectivity index (χ1) is 32.7. The maximum absolute atomic E-state index is 14.5. The van der Waals surface area contributed by atoms with E-state index in [9.17, 15) is 39.0 Å². The number of ether oxygens (including phenoxy) is 5. The summed E-state index contributed by atoms with van der Waals surface area (Å²) < 4.78 is 29.1. The number of rotatable bonds is 8. The number of aliphatic hydroxyl groups is 2. The topological polar surface area (TPSA) is 218 Å². The largest absolute Gasteiger partial charge is 0.460 e. The fourth-order valence-electron chi connectivity index (χ4n) is 11.0. The van der Waals surface area contributed by atoms with Gasteiger partial charge < -0.3 is 44.5 Å². The highest BCUT2D eigenvalue weighted by atomic mass is 16.6. The number of nitrogens with zero attached hydrogens (tertiary/aromatic N) is 1. The number of ketones is 3. The molecule has 15 atom stereocenters. The van der Waals surface area contributed by atoms with Crippen LogP contribution in [0.25, 0.3) is 0 Å². The number of nitrogens with two attached hydrogens (primary N) is 1. The van der Waals surface area contributed by atoms with Gasteiger partial charge in [0.1, 0.15) is 41.8 Å². The molecule has 4 N–H and O–H groups in total.